The van der Waals surface area contributed by atoms with Gasteiger partial charge in [-0.15, -0.1) is 0 Å². The van der Waals surface area contributed by atoms with Crippen LogP contribution >= 0.6 is 0 Å². The normalized spacial score (nSPS) is 11.7. The van der Waals surface area contributed by atoms with Gasteiger partial charge in [-0.25, -0.2) is 0 Å². The lowest BCUT2D eigenvalue weighted by Gasteiger charge is -2.02. The number of unbranched alkanes of at least 4 members (excludes halogenated alkanes) is 12. The first kappa shape index (κ1) is 22.2. The third kappa shape index (κ3) is 21.2. The molecule has 0 aliphatic rings. The van der Waals surface area contributed by atoms with Crippen LogP contribution in [0.25, 0.3) is 0 Å². The summed E-state index contributed by atoms with van der Waals surface area (Å²) in [6.07, 6.45) is 27.9. The zero-order valence-electron chi connectivity index (χ0n) is 15.7. The molecule has 2 nitrogen and oxygen atoms in total. The molecule has 0 spiro atoms. The molecule has 0 unspecified atom stereocenters. The molecule has 0 aromatic heterocycles. The van der Waals surface area contributed by atoms with Gasteiger partial charge in [-0.1, -0.05) is 82.9 Å². The van der Waals surface area contributed by atoms with Crippen LogP contribution in [-0.4, -0.2) is 13.1 Å². The molecular weight excluding hydrogens is 280 g/mol. The molecular formula is C21H42N2. The fourth-order valence-corrected chi connectivity index (χ4v) is 2.71. The predicted octanol–water partition coefficient (Wildman–Crippen LogP) is 6.09. The summed E-state index contributed by atoms with van der Waals surface area (Å²) in [5.41, 5.74) is 5.37. The van der Waals surface area contributed by atoms with Crippen molar-refractivity contribution in [3.63, 3.8) is 0 Å². The van der Waals surface area contributed by atoms with E-state index in [1.165, 1.54) is 89.9 Å². The molecule has 136 valence electrons. The highest BCUT2D eigenvalue weighted by atomic mass is 14.8. The summed E-state index contributed by atoms with van der Waals surface area (Å²) < 4.78 is 0. The Morgan fingerprint density at radius 3 is 1.74 bits per heavy atom. The Morgan fingerprint density at radius 2 is 1.17 bits per heavy atom. The van der Waals surface area contributed by atoms with Crippen molar-refractivity contribution in [1.29, 1.82) is 0 Å². The minimum atomic E-state index is 0.625. The van der Waals surface area contributed by atoms with Crippen molar-refractivity contribution >= 4 is 0 Å². The Hall–Kier alpha value is -0.760. The second kappa shape index (κ2) is 21.2. The number of hydrogen-bond acceptors (Lipinski definition) is 2. The van der Waals surface area contributed by atoms with Crippen molar-refractivity contribution in [1.82, 2.24) is 5.32 Å². The summed E-state index contributed by atoms with van der Waals surface area (Å²) in [6.45, 7) is 3.99. The maximum absolute atomic E-state index is 5.37. The van der Waals surface area contributed by atoms with Gasteiger partial charge in [0.15, 0.2) is 0 Å². The number of allylic oxidation sites excluding steroid dienone is 2. The third-order valence-electron chi connectivity index (χ3n) is 4.20. The number of nitrogens with two attached hydrogens (primary N) is 1. The van der Waals surface area contributed by atoms with Crippen molar-refractivity contribution in [2.24, 2.45) is 5.73 Å². The van der Waals surface area contributed by atoms with E-state index in [1.807, 2.05) is 12.3 Å². The Morgan fingerprint density at radius 1 is 0.652 bits per heavy atom. The first-order valence-corrected chi connectivity index (χ1v) is 10.1. The van der Waals surface area contributed by atoms with Crippen LogP contribution in [0.4, 0.5) is 0 Å². The van der Waals surface area contributed by atoms with Crippen molar-refractivity contribution in [2.45, 2.75) is 96.8 Å². The smallest absolute Gasteiger partial charge is 0.0141 e. The summed E-state index contributed by atoms with van der Waals surface area (Å²) in [6, 6.07) is 0. The van der Waals surface area contributed by atoms with E-state index in [0.29, 0.717) is 6.54 Å². The second-order valence-corrected chi connectivity index (χ2v) is 6.53. The Labute approximate surface area is 146 Å². The van der Waals surface area contributed by atoms with E-state index in [0.717, 1.165) is 6.54 Å². The fourth-order valence-electron chi connectivity index (χ4n) is 2.71. The standard InChI is InChI=1S/C21H42N2/c1-2-3-4-5-6-7-8-9-10-11-12-13-14-15-16-17-20-23-21-18-19-22/h9-10,18,21,23H,2-8,11-17,19-20,22H2,1H3/b10-9-,21-18-. The minimum absolute atomic E-state index is 0.625. The van der Waals surface area contributed by atoms with Gasteiger partial charge < -0.3 is 11.1 Å². The molecule has 0 aromatic carbocycles. The van der Waals surface area contributed by atoms with Crippen LogP contribution in [0.2, 0.25) is 0 Å². The summed E-state index contributed by atoms with van der Waals surface area (Å²) in [5.74, 6) is 0. The van der Waals surface area contributed by atoms with Crippen LogP contribution in [0.1, 0.15) is 96.8 Å². The minimum Gasteiger partial charge on any atom is -0.391 e. The van der Waals surface area contributed by atoms with E-state index in [-0.39, 0.29) is 0 Å². The largest absolute Gasteiger partial charge is 0.391 e. The molecule has 0 fully saturated rings. The van der Waals surface area contributed by atoms with E-state index >= 15 is 0 Å². The van der Waals surface area contributed by atoms with Crippen molar-refractivity contribution < 1.29 is 0 Å². The van der Waals surface area contributed by atoms with Crippen molar-refractivity contribution in [2.75, 3.05) is 13.1 Å². The van der Waals surface area contributed by atoms with E-state index < -0.39 is 0 Å². The van der Waals surface area contributed by atoms with Crippen LogP contribution in [0.5, 0.6) is 0 Å². The van der Waals surface area contributed by atoms with Crippen LogP contribution < -0.4 is 11.1 Å². The topological polar surface area (TPSA) is 38.0 Å². The van der Waals surface area contributed by atoms with Crippen LogP contribution in [0.3, 0.4) is 0 Å². The van der Waals surface area contributed by atoms with Gasteiger partial charge in [-0.2, -0.15) is 0 Å². The summed E-state index contributed by atoms with van der Waals surface area (Å²) in [5, 5.41) is 3.27. The lowest BCUT2D eigenvalue weighted by atomic mass is 10.1. The SMILES string of the molecule is CCCCCCCC/C=C\CCCCCCCCN/C=C\CN. The first-order valence-electron chi connectivity index (χ1n) is 10.1. The highest BCUT2D eigenvalue weighted by Crippen LogP contribution is 2.09. The van der Waals surface area contributed by atoms with Crippen molar-refractivity contribution in [3.05, 3.63) is 24.4 Å². The summed E-state index contributed by atoms with van der Waals surface area (Å²) in [4.78, 5) is 0. The molecule has 0 amide bonds. The number of rotatable bonds is 18. The summed E-state index contributed by atoms with van der Waals surface area (Å²) in [7, 11) is 0. The summed E-state index contributed by atoms with van der Waals surface area (Å²) >= 11 is 0. The maximum atomic E-state index is 5.37. The number of hydrogen-bond donors (Lipinski definition) is 2. The van der Waals surface area contributed by atoms with E-state index in [1.54, 1.807) is 0 Å². The van der Waals surface area contributed by atoms with Gasteiger partial charge in [-0.05, 0) is 38.3 Å². The van der Waals surface area contributed by atoms with Gasteiger partial charge in [0.05, 0.1) is 0 Å². The average molecular weight is 323 g/mol. The van der Waals surface area contributed by atoms with Crippen molar-refractivity contribution in [3.8, 4) is 0 Å². The van der Waals surface area contributed by atoms with Gasteiger partial charge in [0, 0.05) is 13.1 Å². The van der Waals surface area contributed by atoms with E-state index in [4.69, 9.17) is 5.73 Å². The molecule has 0 aromatic rings. The first-order chi connectivity index (χ1) is 11.4. The average Bonchev–Trinajstić information content (AvgIpc) is 2.57. The molecule has 0 radical (unpaired) electrons. The van der Waals surface area contributed by atoms with Gasteiger partial charge in [0.1, 0.15) is 0 Å². The Kier molecular flexibility index (Phi) is 20.5. The number of nitrogens with one attached hydrogen (secondary N) is 1. The highest BCUT2D eigenvalue weighted by Gasteiger charge is 1.91. The molecule has 2 heteroatoms. The molecule has 0 saturated heterocycles. The highest BCUT2D eigenvalue weighted by molar-refractivity contribution is 4.81. The molecule has 23 heavy (non-hydrogen) atoms. The van der Waals surface area contributed by atoms with Gasteiger partial charge in [-0.3, -0.25) is 0 Å². The fraction of sp³-hybridized carbons (Fsp3) is 0.810. The van der Waals surface area contributed by atoms with Crippen LogP contribution in [0.15, 0.2) is 24.4 Å². The molecule has 3 N–H and O–H groups in total. The zero-order valence-corrected chi connectivity index (χ0v) is 15.7. The van der Waals surface area contributed by atoms with E-state index in [9.17, 15) is 0 Å². The molecule has 0 saturated carbocycles. The second-order valence-electron chi connectivity index (χ2n) is 6.53. The lowest BCUT2D eigenvalue weighted by molar-refractivity contribution is 0.588. The Balaban J connectivity index is 3.06. The lowest BCUT2D eigenvalue weighted by Crippen LogP contribution is -2.07. The molecule has 0 rings (SSSR count). The maximum Gasteiger partial charge on any atom is 0.0141 e. The third-order valence-corrected chi connectivity index (χ3v) is 4.20. The van der Waals surface area contributed by atoms with Crippen LogP contribution in [0, 0.1) is 0 Å². The molecule has 0 aliphatic heterocycles. The van der Waals surface area contributed by atoms with Gasteiger partial charge in [0.2, 0.25) is 0 Å². The van der Waals surface area contributed by atoms with Crippen LogP contribution in [-0.2, 0) is 0 Å². The quantitative estimate of drug-likeness (QED) is 0.237. The Bertz CT molecular complexity index is 259. The van der Waals surface area contributed by atoms with Gasteiger partial charge >= 0.3 is 0 Å². The van der Waals surface area contributed by atoms with Gasteiger partial charge in [0.25, 0.3) is 0 Å². The predicted molar refractivity (Wildman–Crippen MR) is 106 cm³/mol. The zero-order chi connectivity index (χ0) is 16.8. The molecule has 0 bridgehead atoms. The molecule has 0 heterocycles. The molecule has 0 atom stereocenters. The van der Waals surface area contributed by atoms with E-state index in [2.05, 4.69) is 24.4 Å². The molecule has 0 aliphatic carbocycles. The monoisotopic (exact) mass is 322 g/mol.